The zero-order valence-electron chi connectivity index (χ0n) is 12.6. The molecule has 1 aliphatic rings. The summed E-state index contributed by atoms with van der Waals surface area (Å²) >= 11 is 3.27. The Hall–Kier alpha value is -2.35. The van der Waals surface area contributed by atoms with Crippen LogP contribution in [-0.4, -0.2) is 46.2 Å². The first-order chi connectivity index (χ1) is 11.6. The van der Waals surface area contributed by atoms with Crippen molar-refractivity contribution in [2.45, 2.75) is 12.5 Å². The lowest BCUT2D eigenvalue weighted by atomic mass is 10.1. The van der Waals surface area contributed by atoms with E-state index in [9.17, 15) is 14.0 Å². The Bertz CT molecular complexity index is 769. The molecule has 1 saturated heterocycles. The van der Waals surface area contributed by atoms with Gasteiger partial charge in [0.1, 0.15) is 12.1 Å². The fraction of sp³-hybridized carbons (Fsp3) is 0.250. The molecule has 3 rings (SSSR count). The minimum atomic E-state index is -0.627. The molecular weight excluding hydrogens is 379 g/mol. The van der Waals surface area contributed by atoms with E-state index in [1.165, 1.54) is 12.1 Å². The molecule has 6 nitrogen and oxygen atoms in total. The standard InChI is InChI=1S/C16H14BrFN4O2/c17-11-6-19-16(20-7-11)21-12-3-4-22(8-12)15(24)13-5-10(9-23)1-2-14(13)18/h1-2,5-7,9,12H,3-4,8H2,(H,19,20,21)/t12-/m1/s1. The Labute approximate surface area is 146 Å². The van der Waals surface area contributed by atoms with E-state index >= 15 is 0 Å². The number of nitrogens with zero attached hydrogens (tertiary/aromatic N) is 3. The largest absolute Gasteiger partial charge is 0.350 e. The van der Waals surface area contributed by atoms with E-state index in [1.807, 2.05) is 0 Å². The maximum atomic E-state index is 13.9. The number of anilines is 1. The highest BCUT2D eigenvalue weighted by Gasteiger charge is 2.28. The van der Waals surface area contributed by atoms with Crippen LogP contribution >= 0.6 is 15.9 Å². The topological polar surface area (TPSA) is 75.2 Å². The van der Waals surface area contributed by atoms with Crippen molar-refractivity contribution in [1.29, 1.82) is 0 Å². The van der Waals surface area contributed by atoms with Gasteiger partial charge in [-0.2, -0.15) is 0 Å². The second kappa shape index (κ2) is 7.04. The minimum absolute atomic E-state index is 0.00700. The average Bonchev–Trinajstić information content (AvgIpc) is 3.05. The second-order valence-corrected chi connectivity index (χ2v) is 6.38. The van der Waals surface area contributed by atoms with E-state index in [4.69, 9.17) is 0 Å². The van der Waals surface area contributed by atoms with Crippen LogP contribution in [0.25, 0.3) is 0 Å². The Kier molecular flexibility index (Phi) is 4.84. The molecule has 0 aliphatic carbocycles. The Morgan fingerprint density at radius 2 is 2.12 bits per heavy atom. The minimum Gasteiger partial charge on any atom is -0.350 e. The average molecular weight is 393 g/mol. The van der Waals surface area contributed by atoms with Crippen molar-refractivity contribution in [2.75, 3.05) is 18.4 Å². The van der Waals surface area contributed by atoms with Gasteiger partial charge < -0.3 is 10.2 Å². The Balaban J connectivity index is 1.67. The first-order valence-corrected chi connectivity index (χ1v) is 8.14. The number of likely N-dealkylation sites (tertiary alicyclic amines) is 1. The van der Waals surface area contributed by atoms with Gasteiger partial charge in [0.25, 0.3) is 5.91 Å². The number of nitrogens with one attached hydrogen (secondary N) is 1. The van der Waals surface area contributed by atoms with Crippen LogP contribution in [0.15, 0.2) is 35.1 Å². The lowest BCUT2D eigenvalue weighted by Crippen LogP contribution is -2.32. The zero-order valence-corrected chi connectivity index (χ0v) is 14.2. The van der Waals surface area contributed by atoms with E-state index in [1.54, 1.807) is 17.3 Å². The van der Waals surface area contributed by atoms with Crippen LogP contribution in [0.1, 0.15) is 27.1 Å². The van der Waals surface area contributed by atoms with Crippen molar-refractivity contribution < 1.29 is 14.0 Å². The van der Waals surface area contributed by atoms with Gasteiger partial charge >= 0.3 is 0 Å². The summed E-state index contributed by atoms with van der Waals surface area (Å²) in [5.41, 5.74) is 0.192. The third kappa shape index (κ3) is 3.59. The SMILES string of the molecule is O=Cc1ccc(F)c(C(=O)N2CC[C@@H](Nc3ncc(Br)cn3)C2)c1. The quantitative estimate of drug-likeness (QED) is 0.809. The summed E-state index contributed by atoms with van der Waals surface area (Å²) in [6.45, 7) is 0.917. The van der Waals surface area contributed by atoms with E-state index in [0.29, 0.717) is 31.7 Å². The van der Waals surface area contributed by atoms with Gasteiger partial charge in [-0.15, -0.1) is 0 Å². The van der Waals surface area contributed by atoms with Crippen molar-refractivity contribution in [2.24, 2.45) is 0 Å². The smallest absolute Gasteiger partial charge is 0.256 e. The van der Waals surface area contributed by atoms with Crippen LogP contribution in [0.2, 0.25) is 0 Å². The van der Waals surface area contributed by atoms with Crippen molar-refractivity contribution in [1.82, 2.24) is 14.9 Å². The molecule has 1 aromatic heterocycles. The number of hydrogen-bond acceptors (Lipinski definition) is 5. The van der Waals surface area contributed by atoms with E-state index < -0.39 is 11.7 Å². The van der Waals surface area contributed by atoms with E-state index in [2.05, 4.69) is 31.2 Å². The number of carbonyl (C=O) groups excluding carboxylic acids is 2. The lowest BCUT2D eigenvalue weighted by Gasteiger charge is -2.17. The Morgan fingerprint density at radius 1 is 1.38 bits per heavy atom. The molecule has 1 amide bonds. The molecule has 1 atom stereocenters. The highest BCUT2D eigenvalue weighted by molar-refractivity contribution is 9.10. The second-order valence-electron chi connectivity index (χ2n) is 5.46. The first-order valence-electron chi connectivity index (χ1n) is 7.35. The highest BCUT2D eigenvalue weighted by Crippen LogP contribution is 2.19. The summed E-state index contributed by atoms with van der Waals surface area (Å²) < 4.78 is 14.7. The third-order valence-electron chi connectivity index (χ3n) is 3.79. The molecule has 0 saturated carbocycles. The fourth-order valence-corrected chi connectivity index (χ4v) is 2.79. The summed E-state index contributed by atoms with van der Waals surface area (Å²) in [6, 6.07) is 3.76. The Morgan fingerprint density at radius 3 is 2.83 bits per heavy atom. The van der Waals surface area contributed by atoms with Gasteiger partial charge in [0.2, 0.25) is 5.95 Å². The maximum Gasteiger partial charge on any atom is 0.256 e. The summed E-state index contributed by atoms with van der Waals surface area (Å²) in [5.74, 6) is -0.567. The zero-order chi connectivity index (χ0) is 17.1. The van der Waals surface area contributed by atoms with Gasteiger partial charge in [-0.05, 0) is 40.5 Å². The molecule has 0 radical (unpaired) electrons. The molecule has 2 aromatic rings. The fourth-order valence-electron chi connectivity index (χ4n) is 2.58. The molecule has 0 unspecified atom stereocenters. The molecule has 1 N–H and O–H groups in total. The van der Waals surface area contributed by atoms with E-state index in [0.717, 1.165) is 10.5 Å². The number of rotatable bonds is 4. The van der Waals surface area contributed by atoms with Gasteiger partial charge in [-0.25, -0.2) is 14.4 Å². The predicted molar refractivity (Wildman–Crippen MR) is 89.5 cm³/mol. The number of aromatic nitrogens is 2. The van der Waals surface area contributed by atoms with Gasteiger partial charge in [0.15, 0.2) is 0 Å². The number of halogens is 2. The number of benzene rings is 1. The molecule has 0 bridgehead atoms. The first kappa shape index (κ1) is 16.5. The van der Waals surface area contributed by atoms with Crippen LogP contribution in [0.3, 0.4) is 0 Å². The van der Waals surface area contributed by atoms with Crippen LogP contribution in [0.4, 0.5) is 10.3 Å². The normalized spacial score (nSPS) is 16.9. The predicted octanol–water partition coefficient (Wildman–Crippen LogP) is 2.52. The molecule has 124 valence electrons. The van der Waals surface area contributed by atoms with Crippen molar-refractivity contribution >= 4 is 34.1 Å². The summed E-state index contributed by atoms with van der Waals surface area (Å²) in [6.07, 6.45) is 4.57. The molecule has 24 heavy (non-hydrogen) atoms. The van der Waals surface area contributed by atoms with Gasteiger partial charge in [-0.1, -0.05) is 0 Å². The highest BCUT2D eigenvalue weighted by atomic mass is 79.9. The number of aldehydes is 1. The summed E-state index contributed by atoms with van der Waals surface area (Å²) in [7, 11) is 0. The van der Waals surface area contributed by atoms with Crippen molar-refractivity contribution in [3.8, 4) is 0 Å². The molecule has 1 fully saturated rings. The maximum absolute atomic E-state index is 13.9. The molecule has 2 heterocycles. The van der Waals surface area contributed by atoms with E-state index in [-0.39, 0.29) is 17.2 Å². The monoisotopic (exact) mass is 392 g/mol. The molecular formula is C16H14BrFN4O2. The van der Waals surface area contributed by atoms with Gasteiger partial charge in [-0.3, -0.25) is 9.59 Å². The number of hydrogen-bond donors (Lipinski definition) is 1. The van der Waals surface area contributed by atoms with Crippen molar-refractivity contribution in [3.63, 3.8) is 0 Å². The molecule has 1 aliphatic heterocycles. The number of carbonyl (C=O) groups is 2. The van der Waals surface area contributed by atoms with Crippen LogP contribution in [-0.2, 0) is 0 Å². The molecule has 0 spiro atoms. The van der Waals surface area contributed by atoms with Gasteiger partial charge in [0, 0.05) is 37.1 Å². The third-order valence-corrected chi connectivity index (χ3v) is 4.20. The van der Waals surface area contributed by atoms with Crippen molar-refractivity contribution in [3.05, 3.63) is 52.0 Å². The number of amides is 1. The summed E-state index contributed by atoms with van der Waals surface area (Å²) in [5, 5.41) is 3.15. The summed E-state index contributed by atoms with van der Waals surface area (Å²) in [4.78, 5) is 33.1. The molecule has 8 heteroatoms. The van der Waals surface area contributed by atoms with Crippen LogP contribution in [0.5, 0.6) is 0 Å². The van der Waals surface area contributed by atoms with Crippen LogP contribution < -0.4 is 5.32 Å². The lowest BCUT2D eigenvalue weighted by molar-refractivity contribution is 0.0787. The van der Waals surface area contributed by atoms with Crippen LogP contribution in [0, 0.1) is 5.82 Å². The molecule has 1 aromatic carbocycles. The van der Waals surface area contributed by atoms with Gasteiger partial charge in [0.05, 0.1) is 10.0 Å².